The molecule has 0 spiro atoms. The molecule has 3 rings (SSSR count). The Labute approximate surface area is 101 Å². The first-order chi connectivity index (χ1) is 8.27. The highest BCUT2D eigenvalue weighted by atomic mass is 16.5. The van der Waals surface area contributed by atoms with Crippen LogP contribution in [0.25, 0.3) is 11.0 Å². The van der Waals surface area contributed by atoms with Gasteiger partial charge < -0.3 is 4.74 Å². The van der Waals surface area contributed by atoms with Crippen LogP contribution in [0.3, 0.4) is 0 Å². The first-order valence-electron chi connectivity index (χ1n) is 6.18. The summed E-state index contributed by atoms with van der Waals surface area (Å²) in [6.45, 7) is 5.93. The van der Waals surface area contributed by atoms with Crippen molar-refractivity contribution in [3.63, 3.8) is 0 Å². The molecule has 1 saturated heterocycles. The van der Waals surface area contributed by atoms with Crippen molar-refractivity contribution >= 4 is 11.0 Å². The normalized spacial score (nSPS) is 20.5. The molecule has 0 bridgehead atoms. The zero-order valence-electron chi connectivity index (χ0n) is 10.3. The van der Waals surface area contributed by atoms with Gasteiger partial charge in [0.05, 0.1) is 18.3 Å². The molecule has 1 aliphatic heterocycles. The van der Waals surface area contributed by atoms with Gasteiger partial charge in [0.1, 0.15) is 0 Å². The van der Waals surface area contributed by atoms with Crippen molar-refractivity contribution < 1.29 is 4.74 Å². The van der Waals surface area contributed by atoms with E-state index in [4.69, 9.17) is 9.84 Å². The molecule has 3 heterocycles. The van der Waals surface area contributed by atoms with E-state index in [1.807, 2.05) is 12.3 Å². The molecule has 4 nitrogen and oxygen atoms in total. The summed E-state index contributed by atoms with van der Waals surface area (Å²) in [6.07, 6.45) is 2.87. The Morgan fingerprint density at radius 2 is 2.35 bits per heavy atom. The van der Waals surface area contributed by atoms with Gasteiger partial charge in [0.15, 0.2) is 5.65 Å². The lowest BCUT2D eigenvalue weighted by Crippen LogP contribution is -2.11. The number of pyridine rings is 1. The number of hydrogen-bond acceptors (Lipinski definition) is 3. The van der Waals surface area contributed by atoms with Gasteiger partial charge in [0, 0.05) is 18.2 Å². The van der Waals surface area contributed by atoms with Crippen LogP contribution in [-0.2, 0) is 4.74 Å². The van der Waals surface area contributed by atoms with Crippen LogP contribution >= 0.6 is 0 Å². The second-order valence-corrected chi connectivity index (χ2v) is 4.88. The van der Waals surface area contributed by atoms with E-state index in [9.17, 15) is 0 Å². The molecule has 2 aromatic heterocycles. The van der Waals surface area contributed by atoms with Gasteiger partial charge in [0.2, 0.25) is 0 Å². The zero-order valence-corrected chi connectivity index (χ0v) is 10.3. The molecule has 90 valence electrons. The van der Waals surface area contributed by atoms with Gasteiger partial charge in [-0.2, -0.15) is 5.10 Å². The summed E-state index contributed by atoms with van der Waals surface area (Å²) in [6, 6.07) is 4.43. The van der Waals surface area contributed by atoms with Gasteiger partial charge in [-0.05, 0) is 24.5 Å². The Kier molecular flexibility index (Phi) is 2.59. The van der Waals surface area contributed by atoms with Gasteiger partial charge >= 0.3 is 0 Å². The van der Waals surface area contributed by atoms with Crippen LogP contribution in [-0.4, -0.2) is 28.0 Å². The van der Waals surface area contributed by atoms with Crippen molar-refractivity contribution in [1.82, 2.24) is 14.8 Å². The summed E-state index contributed by atoms with van der Waals surface area (Å²) in [5, 5.41) is 5.92. The third kappa shape index (κ3) is 1.72. The minimum atomic E-state index is 0.347. The lowest BCUT2D eigenvalue weighted by Gasteiger charge is -2.08. The molecule has 0 amide bonds. The molecule has 1 aliphatic rings. The van der Waals surface area contributed by atoms with Gasteiger partial charge in [-0.15, -0.1) is 0 Å². The molecule has 0 unspecified atom stereocenters. The summed E-state index contributed by atoms with van der Waals surface area (Å²) in [5.41, 5.74) is 2.13. The van der Waals surface area contributed by atoms with E-state index >= 15 is 0 Å². The quantitative estimate of drug-likeness (QED) is 0.797. The molecular weight excluding hydrogens is 214 g/mol. The van der Waals surface area contributed by atoms with E-state index in [1.165, 1.54) is 5.39 Å². The molecule has 0 N–H and O–H groups in total. The highest BCUT2D eigenvalue weighted by molar-refractivity contribution is 5.78. The van der Waals surface area contributed by atoms with Crippen LogP contribution < -0.4 is 0 Å². The number of nitrogens with zero attached hydrogens (tertiary/aromatic N) is 3. The molecular formula is C13H17N3O. The van der Waals surface area contributed by atoms with Gasteiger partial charge in [-0.1, -0.05) is 13.8 Å². The molecule has 1 fully saturated rings. The van der Waals surface area contributed by atoms with Gasteiger partial charge in [-0.25, -0.2) is 9.67 Å². The van der Waals surface area contributed by atoms with E-state index in [2.05, 4.69) is 29.6 Å². The van der Waals surface area contributed by atoms with Crippen LogP contribution in [0, 0.1) is 0 Å². The Bertz CT molecular complexity index is 526. The van der Waals surface area contributed by atoms with Crippen LogP contribution in [0.1, 0.15) is 37.9 Å². The van der Waals surface area contributed by atoms with Crippen LogP contribution in [0.4, 0.5) is 0 Å². The maximum Gasteiger partial charge on any atom is 0.158 e. The average Bonchev–Trinajstić information content (AvgIpc) is 2.95. The van der Waals surface area contributed by atoms with Crippen molar-refractivity contribution in [2.75, 3.05) is 13.2 Å². The molecule has 0 aliphatic carbocycles. The predicted molar refractivity (Wildman–Crippen MR) is 66.1 cm³/mol. The van der Waals surface area contributed by atoms with Crippen molar-refractivity contribution in [1.29, 1.82) is 0 Å². The topological polar surface area (TPSA) is 39.9 Å². The Morgan fingerprint density at radius 1 is 1.47 bits per heavy atom. The summed E-state index contributed by atoms with van der Waals surface area (Å²) < 4.78 is 7.49. The van der Waals surface area contributed by atoms with Gasteiger partial charge in [-0.3, -0.25) is 0 Å². The minimum Gasteiger partial charge on any atom is -0.379 e. The predicted octanol–water partition coefficient (Wildman–Crippen LogP) is 2.52. The smallest absolute Gasteiger partial charge is 0.158 e. The van der Waals surface area contributed by atoms with Crippen LogP contribution in [0.5, 0.6) is 0 Å². The fourth-order valence-electron chi connectivity index (χ4n) is 2.39. The maximum atomic E-state index is 5.44. The Morgan fingerprint density at radius 3 is 3.06 bits per heavy atom. The van der Waals surface area contributed by atoms with Crippen molar-refractivity contribution in [2.24, 2.45) is 0 Å². The first-order valence-corrected chi connectivity index (χ1v) is 6.18. The summed E-state index contributed by atoms with van der Waals surface area (Å²) in [4.78, 5) is 4.47. The van der Waals surface area contributed by atoms with Crippen molar-refractivity contribution in [2.45, 2.75) is 32.2 Å². The number of hydrogen-bond donors (Lipinski definition) is 0. The third-order valence-electron chi connectivity index (χ3n) is 3.29. The fraction of sp³-hybridized carbons (Fsp3) is 0.538. The number of ether oxygens (including phenoxy) is 1. The molecule has 0 aromatic carbocycles. The average molecular weight is 231 g/mol. The minimum absolute atomic E-state index is 0.347. The summed E-state index contributed by atoms with van der Waals surface area (Å²) in [7, 11) is 0. The van der Waals surface area contributed by atoms with Crippen LogP contribution in [0.15, 0.2) is 18.3 Å². The van der Waals surface area contributed by atoms with Crippen LogP contribution in [0.2, 0.25) is 0 Å². The largest absolute Gasteiger partial charge is 0.379 e. The number of fused-ring (bicyclic) bond motifs is 1. The lowest BCUT2D eigenvalue weighted by molar-refractivity contribution is 0.185. The molecule has 0 radical (unpaired) electrons. The molecule has 1 atom stereocenters. The number of aromatic nitrogens is 3. The second-order valence-electron chi connectivity index (χ2n) is 4.88. The van der Waals surface area contributed by atoms with E-state index in [0.717, 1.165) is 31.0 Å². The Balaban J connectivity index is 2.17. The molecule has 4 heteroatoms. The highest BCUT2D eigenvalue weighted by Gasteiger charge is 2.23. The van der Waals surface area contributed by atoms with E-state index in [-0.39, 0.29) is 0 Å². The molecule has 0 saturated carbocycles. The zero-order chi connectivity index (χ0) is 11.8. The monoisotopic (exact) mass is 231 g/mol. The maximum absolute atomic E-state index is 5.44. The SMILES string of the molecule is CC(C)c1nn([C@H]2CCOC2)c2ncccc12. The molecule has 17 heavy (non-hydrogen) atoms. The van der Waals surface area contributed by atoms with Gasteiger partial charge in [0.25, 0.3) is 0 Å². The summed E-state index contributed by atoms with van der Waals surface area (Å²) in [5.74, 6) is 0.422. The lowest BCUT2D eigenvalue weighted by atomic mass is 10.1. The van der Waals surface area contributed by atoms with Crippen molar-refractivity contribution in [3.05, 3.63) is 24.0 Å². The third-order valence-corrected chi connectivity index (χ3v) is 3.29. The summed E-state index contributed by atoms with van der Waals surface area (Å²) >= 11 is 0. The molecule has 2 aromatic rings. The van der Waals surface area contributed by atoms with E-state index in [0.29, 0.717) is 12.0 Å². The van der Waals surface area contributed by atoms with E-state index < -0.39 is 0 Å². The van der Waals surface area contributed by atoms with Crippen molar-refractivity contribution in [3.8, 4) is 0 Å². The fourth-order valence-corrected chi connectivity index (χ4v) is 2.39. The Hall–Kier alpha value is -1.42. The number of rotatable bonds is 2. The first kappa shape index (κ1) is 10.7. The standard InChI is InChI=1S/C13H17N3O/c1-9(2)12-11-4-3-6-14-13(11)16(15-12)10-5-7-17-8-10/h3-4,6,9-10H,5,7-8H2,1-2H3/t10-/m0/s1. The highest BCUT2D eigenvalue weighted by Crippen LogP contribution is 2.28. The second kappa shape index (κ2) is 4.11. The van der Waals surface area contributed by atoms with E-state index in [1.54, 1.807) is 0 Å².